The summed E-state index contributed by atoms with van der Waals surface area (Å²) in [6.45, 7) is 0.266. The van der Waals surface area contributed by atoms with E-state index in [2.05, 4.69) is 5.32 Å². The number of methoxy groups -OCH3 is 1. The molecule has 0 bridgehead atoms. The van der Waals surface area contributed by atoms with Crippen molar-refractivity contribution in [2.75, 3.05) is 7.11 Å². The maximum absolute atomic E-state index is 12.6. The number of nitriles is 1. The molecular formula is C15H13N3O4. The Morgan fingerprint density at radius 3 is 2.77 bits per heavy atom. The van der Waals surface area contributed by atoms with E-state index in [-0.39, 0.29) is 36.1 Å². The van der Waals surface area contributed by atoms with Crippen molar-refractivity contribution in [3.05, 3.63) is 28.8 Å². The number of hydrogen-bond acceptors (Lipinski definition) is 5. The molecule has 1 unspecified atom stereocenters. The van der Waals surface area contributed by atoms with Gasteiger partial charge in [0.25, 0.3) is 5.91 Å². The van der Waals surface area contributed by atoms with Crippen LogP contribution in [0.15, 0.2) is 12.1 Å². The van der Waals surface area contributed by atoms with Gasteiger partial charge < -0.3 is 9.64 Å². The number of carbonyl (C=O) groups excluding carboxylic acids is 3. The van der Waals surface area contributed by atoms with Gasteiger partial charge in [-0.05, 0) is 18.1 Å². The molecule has 7 nitrogen and oxygen atoms in total. The number of nitrogens with zero attached hydrogens (tertiary/aromatic N) is 2. The van der Waals surface area contributed by atoms with Gasteiger partial charge in [-0.25, -0.2) is 0 Å². The number of benzene rings is 1. The van der Waals surface area contributed by atoms with Crippen LogP contribution >= 0.6 is 0 Å². The fraction of sp³-hybridized carbons (Fsp3) is 0.333. The van der Waals surface area contributed by atoms with E-state index in [1.165, 1.54) is 12.0 Å². The first kappa shape index (κ1) is 14.1. The lowest BCUT2D eigenvalue weighted by atomic mass is 10.0. The minimum Gasteiger partial charge on any atom is -0.495 e. The first-order chi connectivity index (χ1) is 10.6. The molecule has 3 amide bonds. The SMILES string of the molecule is COc1c(C#N)ccc2c1C(=O)N(C1CCC(=O)NC1=O)C2. The van der Waals surface area contributed by atoms with Crippen LogP contribution in [-0.4, -0.2) is 35.8 Å². The third-order valence-corrected chi connectivity index (χ3v) is 3.97. The van der Waals surface area contributed by atoms with Gasteiger partial charge in [0.2, 0.25) is 11.8 Å². The van der Waals surface area contributed by atoms with Crippen molar-refractivity contribution < 1.29 is 19.1 Å². The van der Waals surface area contributed by atoms with Gasteiger partial charge in [-0.2, -0.15) is 5.26 Å². The molecule has 3 rings (SSSR count). The number of imide groups is 1. The second-order valence-corrected chi connectivity index (χ2v) is 5.19. The van der Waals surface area contributed by atoms with E-state index in [4.69, 9.17) is 10.00 Å². The van der Waals surface area contributed by atoms with Crippen molar-refractivity contribution in [2.45, 2.75) is 25.4 Å². The van der Waals surface area contributed by atoms with E-state index in [1.807, 2.05) is 6.07 Å². The number of hydrogen-bond donors (Lipinski definition) is 1. The summed E-state index contributed by atoms with van der Waals surface area (Å²) in [6, 6.07) is 4.60. The van der Waals surface area contributed by atoms with Crippen molar-refractivity contribution in [2.24, 2.45) is 0 Å². The number of carbonyl (C=O) groups is 3. The Morgan fingerprint density at radius 2 is 2.14 bits per heavy atom. The van der Waals surface area contributed by atoms with E-state index >= 15 is 0 Å². The Labute approximate surface area is 126 Å². The molecule has 0 aliphatic carbocycles. The lowest BCUT2D eigenvalue weighted by Crippen LogP contribution is -2.52. The van der Waals surface area contributed by atoms with Crippen LogP contribution in [0.2, 0.25) is 0 Å². The zero-order chi connectivity index (χ0) is 15.9. The largest absolute Gasteiger partial charge is 0.495 e. The first-order valence-electron chi connectivity index (χ1n) is 6.81. The summed E-state index contributed by atoms with van der Waals surface area (Å²) in [5, 5.41) is 11.3. The number of ether oxygens (including phenoxy) is 1. The molecular weight excluding hydrogens is 286 g/mol. The zero-order valence-corrected chi connectivity index (χ0v) is 11.9. The summed E-state index contributed by atoms with van der Waals surface area (Å²) in [6.07, 6.45) is 0.509. The van der Waals surface area contributed by atoms with Crippen molar-refractivity contribution >= 4 is 17.7 Å². The summed E-state index contributed by atoms with van der Waals surface area (Å²) in [4.78, 5) is 37.3. The molecule has 1 fully saturated rings. The molecule has 112 valence electrons. The number of amides is 3. The summed E-state index contributed by atoms with van der Waals surface area (Å²) in [5.74, 6) is -0.898. The molecule has 2 aliphatic heterocycles. The third kappa shape index (κ3) is 2.00. The predicted molar refractivity (Wildman–Crippen MR) is 73.8 cm³/mol. The molecule has 0 saturated carbocycles. The van der Waals surface area contributed by atoms with E-state index in [1.54, 1.807) is 12.1 Å². The van der Waals surface area contributed by atoms with Gasteiger partial charge in [-0.3, -0.25) is 19.7 Å². The molecule has 1 aromatic rings. The van der Waals surface area contributed by atoms with Crippen LogP contribution in [0.4, 0.5) is 0 Å². The first-order valence-corrected chi connectivity index (χ1v) is 6.81. The van der Waals surface area contributed by atoms with Gasteiger partial charge in [0.1, 0.15) is 17.9 Å². The quantitative estimate of drug-likeness (QED) is 0.793. The van der Waals surface area contributed by atoms with Gasteiger partial charge in [-0.15, -0.1) is 0 Å². The fourth-order valence-electron chi connectivity index (χ4n) is 2.92. The van der Waals surface area contributed by atoms with E-state index in [0.717, 1.165) is 0 Å². The highest BCUT2D eigenvalue weighted by molar-refractivity contribution is 6.06. The number of fused-ring (bicyclic) bond motifs is 1. The maximum atomic E-state index is 12.6. The van der Waals surface area contributed by atoms with E-state index in [0.29, 0.717) is 17.5 Å². The molecule has 2 aliphatic rings. The number of nitrogens with one attached hydrogen (secondary N) is 1. The highest BCUT2D eigenvalue weighted by Gasteiger charge is 2.40. The highest BCUT2D eigenvalue weighted by atomic mass is 16.5. The molecule has 1 N–H and O–H groups in total. The summed E-state index contributed by atoms with van der Waals surface area (Å²) < 4.78 is 5.20. The predicted octanol–water partition coefficient (Wildman–Crippen LogP) is 0.328. The monoisotopic (exact) mass is 299 g/mol. The number of rotatable bonds is 2. The van der Waals surface area contributed by atoms with Gasteiger partial charge in [0, 0.05) is 13.0 Å². The van der Waals surface area contributed by atoms with Gasteiger partial charge in [0.05, 0.1) is 18.2 Å². The molecule has 1 atom stereocenters. The smallest absolute Gasteiger partial charge is 0.259 e. The van der Waals surface area contributed by atoms with Crippen LogP contribution in [0.1, 0.15) is 34.3 Å². The van der Waals surface area contributed by atoms with Crippen LogP contribution < -0.4 is 10.1 Å². The zero-order valence-electron chi connectivity index (χ0n) is 11.9. The van der Waals surface area contributed by atoms with Crippen LogP contribution in [0.5, 0.6) is 5.75 Å². The second kappa shape index (κ2) is 5.15. The number of piperidine rings is 1. The lowest BCUT2D eigenvalue weighted by Gasteiger charge is -2.29. The van der Waals surface area contributed by atoms with Crippen molar-refractivity contribution in [3.8, 4) is 11.8 Å². The Morgan fingerprint density at radius 1 is 1.36 bits per heavy atom. The minimum atomic E-state index is -0.673. The van der Waals surface area contributed by atoms with Gasteiger partial charge in [-0.1, -0.05) is 6.07 Å². The standard InChI is InChI=1S/C15H13N3O4/c1-22-13-8(6-16)2-3-9-7-18(15(21)12(9)13)10-4-5-11(19)17-14(10)20/h2-3,10H,4-5,7H2,1H3,(H,17,19,20). The molecule has 0 aromatic heterocycles. The second-order valence-electron chi connectivity index (χ2n) is 5.19. The third-order valence-electron chi connectivity index (χ3n) is 3.97. The average Bonchev–Trinajstić information content (AvgIpc) is 2.83. The summed E-state index contributed by atoms with van der Waals surface area (Å²) >= 11 is 0. The average molecular weight is 299 g/mol. The fourth-order valence-corrected chi connectivity index (χ4v) is 2.92. The molecule has 2 heterocycles. The minimum absolute atomic E-state index is 0.205. The van der Waals surface area contributed by atoms with Crippen molar-refractivity contribution in [1.29, 1.82) is 5.26 Å². The van der Waals surface area contributed by atoms with Crippen LogP contribution in [-0.2, 0) is 16.1 Å². The lowest BCUT2D eigenvalue weighted by molar-refractivity contribution is -0.136. The van der Waals surface area contributed by atoms with Crippen molar-refractivity contribution in [1.82, 2.24) is 10.2 Å². The van der Waals surface area contributed by atoms with Gasteiger partial charge in [0.15, 0.2) is 0 Å². The van der Waals surface area contributed by atoms with E-state index < -0.39 is 11.9 Å². The highest BCUT2D eigenvalue weighted by Crippen LogP contribution is 2.35. The maximum Gasteiger partial charge on any atom is 0.259 e. The molecule has 22 heavy (non-hydrogen) atoms. The Balaban J connectivity index is 1.97. The van der Waals surface area contributed by atoms with Crippen LogP contribution in [0, 0.1) is 11.3 Å². The molecule has 0 spiro atoms. The molecule has 1 aromatic carbocycles. The molecule has 7 heteroatoms. The van der Waals surface area contributed by atoms with Crippen LogP contribution in [0.3, 0.4) is 0 Å². The Bertz CT molecular complexity index is 735. The summed E-state index contributed by atoms with van der Waals surface area (Å²) in [5.41, 5.74) is 1.32. The Hall–Kier alpha value is -2.88. The van der Waals surface area contributed by atoms with Crippen molar-refractivity contribution in [3.63, 3.8) is 0 Å². The topological polar surface area (TPSA) is 99.5 Å². The van der Waals surface area contributed by atoms with E-state index in [9.17, 15) is 14.4 Å². The summed E-state index contributed by atoms with van der Waals surface area (Å²) in [7, 11) is 1.40. The molecule has 0 radical (unpaired) electrons. The van der Waals surface area contributed by atoms with Crippen LogP contribution in [0.25, 0.3) is 0 Å². The Kier molecular flexibility index (Phi) is 3.29. The van der Waals surface area contributed by atoms with Gasteiger partial charge >= 0.3 is 0 Å². The normalized spacial score (nSPS) is 20.5. The molecule has 1 saturated heterocycles.